The van der Waals surface area contributed by atoms with Crippen molar-refractivity contribution >= 4 is 11.3 Å². The van der Waals surface area contributed by atoms with Gasteiger partial charge in [-0.3, -0.25) is 0 Å². The first-order chi connectivity index (χ1) is 3.29. The first-order valence-electron chi connectivity index (χ1n) is 1.86. The van der Waals surface area contributed by atoms with E-state index in [1.54, 1.807) is 6.07 Å². The molecule has 0 bridgehead atoms. The van der Waals surface area contributed by atoms with E-state index in [2.05, 4.69) is 6.92 Å². The van der Waals surface area contributed by atoms with Gasteiger partial charge in [0, 0.05) is 4.88 Å². The molecule has 1 aromatic heterocycles. The van der Waals surface area contributed by atoms with Crippen molar-refractivity contribution in [3.8, 4) is 0 Å². The monoisotopic (exact) mass is 115 g/mol. The molecule has 1 rings (SSSR count). The summed E-state index contributed by atoms with van der Waals surface area (Å²) in [5.74, 6) is 0. The van der Waals surface area contributed by atoms with E-state index in [4.69, 9.17) is 0 Å². The maximum atomic E-state index is 11.9. The van der Waals surface area contributed by atoms with Crippen molar-refractivity contribution in [3.63, 3.8) is 0 Å². The lowest BCUT2D eigenvalue weighted by molar-refractivity contribution is 0.657. The largest absolute Gasteiger partial charge is 0.195 e. The second-order valence-electron chi connectivity index (χ2n) is 1.21. The topological polar surface area (TPSA) is 0 Å². The highest BCUT2D eigenvalue weighted by Crippen LogP contribution is 2.11. The third-order valence-electron chi connectivity index (χ3n) is 0.629. The molecular weight excluding hydrogens is 111 g/mol. The van der Waals surface area contributed by atoms with Gasteiger partial charge in [0.05, 0.1) is 0 Å². The summed E-state index contributed by atoms with van der Waals surface area (Å²) in [7, 11) is 0. The van der Waals surface area contributed by atoms with Crippen molar-refractivity contribution in [2.75, 3.05) is 0 Å². The summed E-state index contributed by atoms with van der Waals surface area (Å²) >= 11 is 1.06. The van der Waals surface area contributed by atoms with Crippen LogP contribution >= 0.6 is 11.3 Å². The fourth-order valence-electron chi connectivity index (χ4n) is 0.352. The minimum absolute atomic E-state index is 0.162. The molecule has 0 aromatic carbocycles. The van der Waals surface area contributed by atoms with Gasteiger partial charge in [-0.15, -0.1) is 11.3 Å². The van der Waals surface area contributed by atoms with E-state index in [0.29, 0.717) is 0 Å². The normalized spacial score (nSPS) is 9.43. The lowest BCUT2D eigenvalue weighted by Gasteiger charge is -1.68. The average molecular weight is 115 g/mol. The van der Waals surface area contributed by atoms with Crippen LogP contribution in [0.25, 0.3) is 0 Å². The van der Waals surface area contributed by atoms with Gasteiger partial charge in [-0.1, -0.05) is 0 Å². The quantitative estimate of drug-likeness (QED) is 0.485. The Hall–Kier alpha value is -0.370. The van der Waals surface area contributed by atoms with Gasteiger partial charge in [0.25, 0.3) is 0 Å². The Kier molecular flexibility index (Phi) is 1.11. The van der Waals surface area contributed by atoms with Crippen LogP contribution in [-0.2, 0) is 0 Å². The number of thiophene rings is 1. The molecule has 1 heterocycles. The van der Waals surface area contributed by atoms with E-state index in [1.807, 2.05) is 0 Å². The molecule has 0 saturated carbocycles. The summed E-state index contributed by atoms with van der Waals surface area (Å²) in [6.45, 7) is 3.52. The first kappa shape index (κ1) is 4.78. The number of hydrogen-bond acceptors (Lipinski definition) is 1. The van der Waals surface area contributed by atoms with Crippen molar-refractivity contribution in [3.05, 3.63) is 29.1 Å². The van der Waals surface area contributed by atoms with E-state index in [0.717, 1.165) is 16.2 Å². The number of halogens is 1. The smallest absolute Gasteiger partial charge is 0.176 e. The van der Waals surface area contributed by atoms with E-state index in [9.17, 15) is 4.39 Å². The molecule has 0 spiro atoms. The minimum Gasteiger partial charge on any atom is -0.195 e. The molecule has 0 atom stereocenters. The Bertz CT molecular complexity index is 140. The predicted molar refractivity (Wildman–Crippen MR) is 28.7 cm³/mol. The second-order valence-corrected chi connectivity index (χ2v) is 2.32. The second kappa shape index (κ2) is 1.62. The number of rotatable bonds is 0. The van der Waals surface area contributed by atoms with Crippen molar-refractivity contribution in [1.82, 2.24) is 0 Å². The highest BCUT2D eigenvalue weighted by molar-refractivity contribution is 7.10. The summed E-state index contributed by atoms with van der Waals surface area (Å²) in [6, 6.07) is 3.06. The van der Waals surface area contributed by atoms with Gasteiger partial charge < -0.3 is 0 Å². The van der Waals surface area contributed by atoms with E-state index >= 15 is 0 Å². The molecule has 37 valence electrons. The van der Waals surface area contributed by atoms with Gasteiger partial charge in [-0.05, 0) is 19.1 Å². The Morgan fingerprint density at radius 3 is 2.43 bits per heavy atom. The van der Waals surface area contributed by atoms with Crippen LogP contribution in [0.3, 0.4) is 0 Å². The molecule has 0 N–H and O–H groups in total. The third kappa shape index (κ3) is 0.996. The van der Waals surface area contributed by atoms with Gasteiger partial charge in [0.2, 0.25) is 0 Å². The van der Waals surface area contributed by atoms with Crippen LogP contribution in [0.2, 0.25) is 0 Å². The average Bonchev–Trinajstić information content (AvgIpc) is 1.87. The van der Waals surface area contributed by atoms with Crippen LogP contribution in [0.4, 0.5) is 4.39 Å². The molecule has 0 saturated heterocycles. The molecule has 0 fully saturated rings. The molecular formula is C5H4FS. The summed E-state index contributed by atoms with van der Waals surface area (Å²) in [6.07, 6.45) is 0. The van der Waals surface area contributed by atoms with Crippen molar-refractivity contribution < 1.29 is 4.39 Å². The third-order valence-corrected chi connectivity index (χ3v) is 1.36. The van der Waals surface area contributed by atoms with Crippen LogP contribution in [0.5, 0.6) is 0 Å². The van der Waals surface area contributed by atoms with Gasteiger partial charge in [0.15, 0.2) is 5.13 Å². The minimum atomic E-state index is -0.162. The van der Waals surface area contributed by atoms with Crippen LogP contribution in [0.1, 0.15) is 4.88 Å². The van der Waals surface area contributed by atoms with Gasteiger partial charge in [-0.2, -0.15) is 4.39 Å². The van der Waals surface area contributed by atoms with Gasteiger partial charge >= 0.3 is 0 Å². The summed E-state index contributed by atoms with van der Waals surface area (Å²) in [4.78, 5) is 0.775. The molecule has 0 unspecified atom stereocenters. The van der Waals surface area contributed by atoms with E-state index in [1.165, 1.54) is 6.07 Å². The van der Waals surface area contributed by atoms with Crippen molar-refractivity contribution in [1.29, 1.82) is 0 Å². The molecule has 0 aliphatic heterocycles. The van der Waals surface area contributed by atoms with Crippen LogP contribution in [0, 0.1) is 12.1 Å². The zero-order valence-corrected chi connectivity index (χ0v) is 4.46. The Morgan fingerprint density at radius 1 is 1.57 bits per heavy atom. The summed E-state index contributed by atoms with van der Waals surface area (Å²) in [5.41, 5.74) is 0. The van der Waals surface area contributed by atoms with E-state index in [-0.39, 0.29) is 5.13 Å². The summed E-state index contributed by atoms with van der Waals surface area (Å²) < 4.78 is 11.9. The molecule has 0 amide bonds. The zero-order valence-electron chi connectivity index (χ0n) is 3.65. The highest BCUT2D eigenvalue weighted by atomic mass is 32.1. The SMILES string of the molecule is [CH2]c1ccc(F)s1. The van der Waals surface area contributed by atoms with Gasteiger partial charge in [-0.25, -0.2) is 0 Å². The van der Waals surface area contributed by atoms with Crippen molar-refractivity contribution in [2.24, 2.45) is 0 Å². The van der Waals surface area contributed by atoms with Gasteiger partial charge in [0.1, 0.15) is 0 Å². The molecule has 7 heavy (non-hydrogen) atoms. The molecule has 1 radical (unpaired) electrons. The van der Waals surface area contributed by atoms with Crippen LogP contribution < -0.4 is 0 Å². The maximum Gasteiger partial charge on any atom is 0.176 e. The zero-order chi connectivity index (χ0) is 5.28. The first-order valence-corrected chi connectivity index (χ1v) is 2.68. The standard InChI is InChI=1S/C5H4FS/c1-4-2-3-5(6)7-4/h2-3H,1H2. The molecule has 1 aromatic rings. The molecule has 0 nitrogen and oxygen atoms in total. The Morgan fingerprint density at radius 2 is 2.29 bits per heavy atom. The summed E-state index contributed by atoms with van der Waals surface area (Å²) in [5, 5.41) is -0.162. The predicted octanol–water partition coefficient (Wildman–Crippen LogP) is 2.07. The van der Waals surface area contributed by atoms with Crippen molar-refractivity contribution in [2.45, 2.75) is 0 Å². The van der Waals surface area contributed by atoms with Crippen LogP contribution in [0.15, 0.2) is 12.1 Å². The number of hydrogen-bond donors (Lipinski definition) is 0. The fraction of sp³-hybridized carbons (Fsp3) is 0. The Labute approximate surface area is 45.6 Å². The lowest BCUT2D eigenvalue weighted by Crippen LogP contribution is -1.45. The fourth-order valence-corrected chi connectivity index (χ4v) is 0.874. The molecule has 0 aliphatic rings. The highest BCUT2D eigenvalue weighted by Gasteiger charge is 1.88. The van der Waals surface area contributed by atoms with Crippen LogP contribution in [-0.4, -0.2) is 0 Å². The van der Waals surface area contributed by atoms with E-state index < -0.39 is 0 Å². The lowest BCUT2D eigenvalue weighted by atomic mass is 10.5. The molecule has 2 heteroatoms. The Balaban J connectivity index is 3.04. The maximum absolute atomic E-state index is 11.9. The molecule has 0 aliphatic carbocycles.